The Labute approximate surface area is 176 Å². The topological polar surface area (TPSA) is 69.6 Å². The molecule has 7 nitrogen and oxygen atoms in total. The number of benzene rings is 1. The van der Waals surface area contributed by atoms with Crippen LogP contribution in [0.15, 0.2) is 36.5 Å². The molecule has 2 N–H and O–H groups in total. The summed E-state index contributed by atoms with van der Waals surface area (Å²) in [6, 6.07) is 9.23. The fourth-order valence-corrected chi connectivity index (χ4v) is 3.68. The van der Waals surface area contributed by atoms with Gasteiger partial charge in [-0.25, -0.2) is 0 Å². The monoisotopic (exact) mass is 417 g/mol. The van der Waals surface area contributed by atoms with Crippen LogP contribution in [0, 0.1) is 6.92 Å². The molecule has 1 aliphatic heterocycles. The van der Waals surface area contributed by atoms with Crippen LogP contribution in [-0.4, -0.2) is 66.0 Å². The zero-order valence-corrected chi connectivity index (χ0v) is 17.9. The molecule has 0 saturated carbocycles. The molecule has 0 unspecified atom stereocenters. The molecule has 0 radical (unpaired) electrons. The van der Waals surface area contributed by atoms with Gasteiger partial charge in [-0.05, 0) is 43.8 Å². The zero-order chi connectivity index (χ0) is 21.0. The molecule has 0 aliphatic carbocycles. The van der Waals surface area contributed by atoms with Crippen LogP contribution in [0.4, 0.5) is 5.69 Å². The lowest BCUT2D eigenvalue weighted by Crippen LogP contribution is -2.49. The van der Waals surface area contributed by atoms with Crippen molar-refractivity contribution in [2.45, 2.75) is 13.0 Å². The summed E-state index contributed by atoms with van der Waals surface area (Å²) in [6.45, 7) is 6.02. The predicted octanol–water partition coefficient (Wildman–Crippen LogP) is 2.03. The van der Waals surface area contributed by atoms with Gasteiger partial charge in [-0.1, -0.05) is 17.7 Å². The van der Waals surface area contributed by atoms with Crippen molar-refractivity contribution in [3.63, 3.8) is 0 Å². The van der Waals surface area contributed by atoms with E-state index in [1.807, 2.05) is 26.2 Å². The maximum absolute atomic E-state index is 12.4. The van der Waals surface area contributed by atoms with Crippen molar-refractivity contribution in [3.8, 4) is 0 Å². The number of hydrogen-bond donors (Lipinski definition) is 2. The number of rotatable bonds is 5. The molecule has 0 bridgehead atoms. The Bertz CT molecular complexity index is 874. The first-order chi connectivity index (χ1) is 13.8. The number of aryl methyl sites for hydroxylation is 2. The summed E-state index contributed by atoms with van der Waals surface area (Å²) in [5, 5.41) is 5.95. The molecule has 29 heavy (non-hydrogen) atoms. The third-order valence-corrected chi connectivity index (χ3v) is 5.80. The average molecular weight is 418 g/mol. The standard InChI is InChI=1S/C21H28ClN5O2/c1-15-6-7-16(13-17(15)22)24-21(29)20(28)23-14-19(18-5-4-8-26(18)3)27-11-9-25(2)10-12-27/h4-8,13,19H,9-12,14H2,1-3H3,(H,23,28)(H,24,29)/t19-/m1/s1. The summed E-state index contributed by atoms with van der Waals surface area (Å²) in [5.41, 5.74) is 2.52. The number of piperazine rings is 1. The highest BCUT2D eigenvalue weighted by atomic mass is 35.5. The van der Waals surface area contributed by atoms with Crippen molar-refractivity contribution in [2.75, 3.05) is 45.1 Å². The van der Waals surface area contributed by atoms with Gasteiger partial charge in [0.2, 0.25) is 0 Å². The highest BCUT2D eigenvalue weighted by Crippen LogP contribution is 2.22. The van der Waals surface area contributed by atoms with E-state index in [2.05, 4.69) is 38.1 Å². The largest absolute Gasteiger partial charge is 0.353 e. The highest BCUT2D eigenvalue weighted by molar-refractivity contribution is 6.39. The number of nitrogens with zero attached hydrogens (tertiary/aromatic N) is 3. The number of likely N-dealkylation sites (N-methyl/N-ethyl adjacent to an activating group) is 1. The first-order valence-electron chi connectivity index (χ1n) is 9.74. The van der Waals surface area contributed by atoms with Crippen molar-refractivity contribution < 1.29 is 9.59 Å². The predicted molar refractivity (Wildman–Crippen MR) is 115 cm³/mol. The van der Waals surface area contributed by atoms with Gasteiger partial charge in [-0.3, -0.25) is 14.5 Å². The maximum atomic E-state index is 12.4. The van der Waals surface area contributed by atoms with Crippen LogP contribution in [0.3, 0.4) is 0 Å². The molecule has 8 heteroatoms. The molecule has 1 aliphatic rings. The lowest BCUT2D eigenvalue weighted by Gasteiger charge is -2.38. The Kier molecular flexibility index (Phi) is 6.95. The van der Waals surface area contributed by atoms with E-state index in [4.69, 9.17) is 11.6 Å². The van der Waals surface area contributed by atoms with Crippen LogP contribution < -0.4 is 10.6 Å². The maximum Gasteiger partial charge on any atom is 0.313 e. The van der Waals surface area contributed by atoms with Crippen LogP contribution in [0.25, 0.3) is 0 Å². The van der Waals surface area contributed by atoms with Gasteiger partial charge in [0.25, 0.3) is 0 Å². The summed E-state index contributed by atoms with van der Waals surface area (Å²) >= 11 is 6.08. The molecule has 2 heterocycles. The van der Waals surface area contributed by atoms with Crippen molar-refractivity contribution in [3.05, 3.63) is 52.8 Å². The van der Waals surface area contributed by atoms with Gasteiger partial charge in [0.05, 0.1) is 6.04 Å². The molecule has 1 fully saturated rings. The number of halogens is 1. The van der Waals surface area contributed by atoms with Crippen LogP contribution >= 0.6 is 11.6 Å². The minimum atomic E-state index is -0.700. The van der Waals surface area contributed by atoms with Crippen molar-refractivity contribution in [1.29, 1.82) is 0 Å². The van der Waals surface area contributed by atoms with Gasteiger partial charge in [0.1, 0.15) is 0 Å². The number of amides is 2. The minimum Gasteiger partial charge on any atom is -0.353 e. The van der Waals surface area contributed by atoms with Crippen LogP contribution in [0.2, 0.25) is 5.02 Å². The van der Waals surface area contributed by atoms with E-state index < -0.39 is 11.8 Å². The van der Waals surface area contributed by atoms with E-state index in [-0.39, 0.29) is 6.04 Å². The molecule has 0 spiro atoms. The molecule has 3 rings (SSSR count). The average Bonchev–Trinajstić information content (AvgIpc) is 3.12. The van der Waals surface area contributed by atoms with Crippen LogP contribution in [0.1, 0.15) is 17.3 Å². The quantitative estimate of drug-likeness (QED) is 0.730. The third-order valence-electron chi connectivity index (χ3n) is 5.40. The smallest absolute Gasteiger partial charge is 0.313 e. The second-order valence-electron chi connectivity index (χ2n) is 7.53. The highest BCUT2D eigenvalue weighted by Gasteiger charge is 2.27. The van der Waals surface area contributed by atoms with Gasteiger partial charge < -0.3 is 20.1 Å². The minimum absolute atomic E-state index is 0.00858. The number of aromatic nitrogens is 1. The number of hydrogen-bond acceptors (Lipinski definition) is 4. The van der Waals surface area contributed by atoms with E-state index >= 15 is 0 Å². The first kappa shape index (κ1) is 21.4. The van der Waals surface area contributed by atoms with Gasteiger partial charge in [0.15, 0.2) is 0 Å². The number of anilines is 1. The second-order valence-corrected chi connectivity index (χ2v) is 7.93. The first-order valence-corrected chi connectivity index (χ1v) is 10.1. The number of carbonyl (C=O) groups is 2. The van der Waals surface area contributed by atoms with E-state index in [0.717, 1.165) is 37.4 Å². The SMILES string of the molecule is Cc1ccc(NC(=O)C(=O)NC[C@H](c2cccn2C)N2CCN(C)CC2)cc1Cl. The fourth-order valence-electron chi connectivity index (χ4n) is 3.50. The van der Waals surface area contributed by atoms with Crippen molar-refractivity contribution in [2.24, 2.45) is 7.05 Å². The molecule has 2 aromatic rings. The number of carbonyl (C=O) groups excluding carboxylic acids is 2. The molecule has 1 aromatic carbocycles. The summed E-state index contributed by atoms with van der Waals surface area (Å²) in [5.74, 6) is -1.36. The number of nitrogens with one attached hydrogen (secondary N) is 2. The lowest BCUT2D eigenvalue weighted by molar-refractivity contribution is -0.136. The van der Waals surface area contributed by atoms with Gasteiger partial charge in [-0.2, -0.15) is 0 Å². The fraction of sp³-hybridized carbons (Fsp3) is 0.429. The van der Waals surface area contributed by atoms with E-state index in [9.17, 15) is 9.59 Å². The Balaban J connectivity index is 1.63. The molecule has 2 amide bonds. The second kappa shape index (κ2) is 9.43. The zero-order valence-electron chi connectivity index (χ0n) is 17.1. The van der Waals surface area contributed by atoms with E-state index in [1.165, 1.54) is 0 Å². The van der Waals surface area contributed by atoms with Gasteiger partial charge >= 0.3 is 11.8 Å². The van der Waals surface area contributed by atoms with Gasteiger partial charge in [0, 0.05) is 62.4 Å². The Morgan fingerprint density at radius 2 is 1.83 bits per heavy atom. The molecule has 1 atom stereocenters. The summed E-state index contributed by atoms with van der Waals surface area (Å²) < 4.78 is 2.06. The Morgan fingerprint density at radius 3 is 2.45 bits per heavy atom. The molecule has 1 saturated heterocycles. The van der Waals surface area contributed by atoms with E-state index in [0.29, 0.717) is 17.3 Å². The van der Waals surface area contributed by atoms with E-state index in [1.54, 1.807) is 18.2 Å². The van der Waals surface area contributed by atoms with Crippen LogP contribution in [0.5, 0.6) is 0 Å². The van der Waals surface area contributed by atoms with Crippen LogP contribution in [-0.2, 0) is 16.6 Å². The summed E-state index contributed by atoms with van der Waals surface area (Å²) in [6.07, 6.45) is 1.99. The third kappa shape index (κ3) is 5.38. The lowest BCUT2D eigenvalue weighted by atomic mass is 10.1. The normalized spacial score (nSPS) is 16.4. The van der Waals surface area contributed by atoms with Gasteiger partial charge in [-0.15, -0.1) is 0 Å². The van der Waals surface area contributed by atoms with Crippen molar-refractivity contribution >= 4 is 29.1 Å². The summed E-state index contributed by atoms with van der Waals surface area (Å²) in [7, 11) is 4.10. The molecule has 156 valence electrons. The molecular formula is C21H28ClN5O2. The Morgan fingerprint density at radius 1 is 1.10 bits per heavy atom. The van der Waals surface area contributed by atoms with Crippen molar-refractivity contribution in [1.82, 2.24) is 19.7 Å². The molecule has 1 aromatic heterocycles. The summed E-state index contributed by atoms with van der Waals surface area (Å²) in [4.78, 5) is 29.3. The Hall–Kier alpha value is -2.35. The molecular weight excluding hydrogens is 390 g/mol.